The fourth-order valence-corrected chi connectivity index (χ4v) is 4.31. The Kier molecular flexibility index (Phi) is 2.62. The van der Waals surface area contributed by atoms with Crippen LogP contribution in [-0.2, 0) is 13.1 Å². The number of benzene rings is 1. The van der Waals surface area contributed by atoms with Gasteiger partial charge in [-0.05, 0) is 43.1 Å². The molecule has 1 aromatic carbocycles. The fourth-order valence-electron chi connectivity index (χ4n) is 4.31. The van der Waals surface area contributed by atoms with Gasteiger partial charge in [0.1, 0.15) is 0 Å². The van der Waals surface area contributed by atoms with Crippen molar-refractivity contribution in [1.82, 2.24) is 9.78 Å². The Labute approximate surface area is 113 Å². The second kappa shape index (κ2) is 4.34. The molecule has 0 saturated heterocycles. The first-order valence-corrected chi connectivity index (χ1v) is 7.49. The minimum Gasteiger partial charge on any atom is -0.325 e. The van der Waals surface area contributed by atoms with Crippen LogP contribution in [0.5, 0.6) is 0 Å². The number of aromatic nitrogens is 2. The zero-order chi connectivity index (χ0) is 12.8. The van der Waals surface area contributed by atoms with Crippen LogP contribution < -0.4 is 5.73 Å². The van der Waals surface area contributed by atoms with Gasteiger partial charge in [0, 0.05) is 18.5 Å². The van der Waals surface area contributed by atoms with Gasteiger partial charge in [-0.15, -0.1) is 0 Å². The summed E-state index contributed by atoms with van der Waals surface area (Å²) in [7, 11) is 0. The molecule has 3 heteroatoms. The summed E-state index contributed by atoms with van der Waals surface area (Å²) in [4.78, 5) is 0. The first-order valence-electron chi connectivity index (χ1n) is 7.49. The van der Waals surface area contributed by atoms with Crippen LogP contribution in [0.2, 0.25) is 0 Å². The maximum Gasteiger partial charge on any atom is 0.0838 e. The zero-order valence-corrected chi connectivity index (χ0v) is 11.3. The van der Waals surface area contributed by atoms with Gasteiger partial charge in [-0.2, -0.15) is 5.10 Å². The van der Waals surface area contributed by atoms with E-state index in [1.54, 1.807) is 0 Å². The van der Waals surface area contributed by atoms with Crippen LogP contribution in [0.3, 0.4) is 0 Å². The molecule has 0 radical (unpaired) electrons. The quantitative estimate of drug-likeness (QED) is 0.916. The molecule has 4 rings (SSSR count). The van der Waals surface area contributed by atoms with E-state index in [-0.39, 0.29) is 0 Å². The van der Waals surface area contributed by atoms with E-state index in [0.717, 1.165) is 30.0 Å². The normalized spacial score (nSPS) is 29.4. The van der Waals surface area contributed by atoms with Gasteiger partial charge in [0.2, 0.25) is 0 Å². The van der Waals surface area contributed by atoms with E-state index >= 15 is 0 Å². The summed E-state index contributed by atoms with van der Waals surface area (Å²) < 4.78 is 2.21. The predicted molar refractivity (Wildman–Crippen MR) is 76.6 cm³/mol. The van der Waals surface area contributed by atoms with Gasteiger partial charge in [-0.25, -0.2) is 0 Å². The van der Waals surface area contributed by atoms with Crippen LogP contribution in [0, 0.1) is 17.8 Å². The van der Waals surface area contributed by atoms with Crippen molar-refractivity contribution < 1.29 is 0 Å². The van der Waals surface area contributed by atoms with Crippen molar-refractivity contribution in [2.24, 2.45) is 23.5 Å². The molecule has 2 saturated carbocycles. The Bertz CT molecular complexity index is 601. The number of fused-ring (bicyclic) bond motifs is 3. The summed E-state index contributed by atoms with van der Waals surface area (Å²) in [6.07, 6.45) is 5.79. The van der Waals surface area contributed by atoms with E-state index in [0.29, 0.717) is 6.54 Å². The smallest absolute Gasteiger partial charge is 0.0838 e. The molecule has 0 aliphatic heterocycles. The summed E-state index contributed by atoms with van der Waals surface area (Å²) in [6.45, 7) is 1.62. The number of nitrogens with two attached hydrogens (primary N) is 1. The van der Waals surface area contributed by atoms with Crippen LogP contribution >= 0.6 is 0 Å². The summed E-state index contributed by atoms with van der Waals surface area (Å²) in [6, 6.07) is 8.49. The minimum atomic E-state index is 0.532. The molecular weight excluding hydrogens is 234 g/mol. The monoisotopic (exact) mass is 255 g/mol. The van der Waals surface area contributed by atoms with Crippen LogP contribution in [-0.4, -0.2) is 9.78 Å². The minimum absolute atomic E-state index is 0.532. The first kappa shape index (κ1) is 11.5. The molecule has 3 nitrogen and oxygen atoms in total. The molecule has 3 unspecified atom stereocenters. The lowest BCUT2D eigenvalue weighted by molar-refractivity contribution is 0.288. The Morgan fingerprint density at radius 3 is 2.84 bits per heavy atom. The van der Waals surface area contributed by atoms with Gasteiger partial charge in [-0.1, -0.05) is 24.6 Å². The molecule has 2 aliphatic rings. The van der Waals surface area contributed by atoms with Crippen molar-refractivity contribution in [2.45, 2.75) is 38.8 Å². The van der Waals surface area contributed by atoms with E-state index in [1.807, 2.05) is 0 Å². The maximum absolute atomic E-state index is 5.82. The number of nitrogens with zero attached hydrogens (tertiary/aromatic N) is 2. The second-order valence-corrected chi connectivity index (χ2v) is 6.29. The average Bonchev–Trinajstić information content (AvgIpc) is 3.13. The molecule has 2 fully saturated rings. The lowest BCUT2D eigenvalue weighted by Crippen LogP contribution is -2.18. The molecule has 2 N–H and O–H groups in total. The van der Waals surface area contributed by atoms with E-state index in [9.17, 15) is 0 Å². The molecule has 2 bridgehead atoms. The second-order valence-electron chi connectivity index (χ2n) is 6.29. The first-order chi connectivity index (χ1) is 9.35. The highest BCUT2D eigenvalue weighted by Gasteiger charge is 2.39. The Balaban J connectivity index is 1.67. The molecule has 3 atom stereocenters. The van der Waals surface area contributed by atoms with Crippen molar-refractivity contribution in [2.75, 3.05) is 0 Å². The third-order valence-corrected chi connectivity index (χ3v) is 5.22. The van der Waals surface area contributed by atoms with Crippen LogP contribution in [0.4, 0.5) is 0 Å². The number of para-hydroxylation sites is 1. The van der Waals surface area contributed by atoms with E-state index in [4.69, 9.17) is 10.8 Å². The van der Waals surface area contributed by atoms with Crippen molar-refractivity contribution in [3.8, 4) is 0 Å². The summed E-state index contributed by atoms with van der Waals surface area (Å²) in [5, 5.41) is 5.98. The van der Waals surface area contributed by atoms with Gasteiger partial charge in [0.25, 0.3) is 0 Å². The number of rotatable bonds is 3. The van der Waals surface area contributed by atoms with Crippen molar-refractivity contribution in [3.63, 3.8) is 0 Å². The van der Waals surface area contributed by atoms with Crippen molar-refractivity contribution >= 4 is 10.9 Å². The van der Waals surface area contributed by atoms with Gasteiger partial charge in [0.05, 0.1) is 11.2 Å². The third-order valence-electron chi connectivity index (χ3n) is 5.22. The lowest BCUT2D eigenvalue weighted by Gasteiger charge is -2.21. The molecule has 1 aromatic heterocycles. The maximum atomic E-state index is 5.82. The SMILES string of the molecule is NCc1nn(CC2CC3CCC2C3)c2ccccc12. The van der Waals surface area contributed by atoms with Crippen LogP contribution in [0.15, 0.2) is 24.3 Å². The lowest BCUT2D eigenvalue weighted by atomic mass is 9.89. The standard InChI is InChI=1S/C16H21N3/c17-9-15-14-3-1-2-4-16(14)19(18-15)10-13-8-11-5-6-12(13)7-11/h1-4,11-13H,5-10,17H2. The highest BCUT2D eigenvalue weighted by molar-refractivity contribution is 5.81. The van der Waals surface area contributed by atoms with Crippen molar-refractivity contribution in [3.05, 3.63) is 30.0 Å². The third kappa shape index (κ3) is 1.79. The highest BCUT2D eigenvalue weighted by Crippen LogP contribution is 2.48. The molecule has 2 aromatic rings. The van der Waals surface area contributed by atoms with Crippen LogP contribution in [0.25, 0.3) is 10.9 Å². The topological polar surface area (TPSA) is 43.8 Å². The Morgan fingerprint density at radius 2 is 2.11 bits per heavy atom. The van der Waals surface area contributed by atoms with E-state index < -0.39 is 0 Å². The predicted octanol–water partition coefficient (Wildman–Crippen LogP) is 2.93. The van der Waals surface area contributed by atoms with Gasteiger partial charge in [-0.3, -0.25) is 4.68 Å². The molecule has 2 aliphatic carbocycles. The van der Waals surface area contributed by atoms with Gasteiger partial charge >= 0.3 is 0 Å². The van der Waals surface area contributed by atoms with Gasteiger partial charge in [0.15, 0.2) is 0 Å². The van der Waals surface area contributed by atoms with Crippen molar-refractivity contribution in [1.29, 1.82) is 0 Å². The number of hydrogen-bond donors (Lipinski definition) is 1. The molecular formula is C16H21N3. The average molecular weight is 255 g/mol. The van der Waals surface area contributed by atoms with Gasteiger partial charge < -0.3 is 5.73 Å². The molecule has 100 valence electrons. The molecule has 0 amide bonds. The van der Waals surface area contributed by atoms with Crippen LogP contribution in [0.1, 0.15) is 31.4 Å². The Morgan fingerprint density at radius 1 is 1.21 bits per heavy atom. The summed E-state index contributed by atoms with van der Waals surface area (Å²) in [5.41, 5.74) is 8.12. The fraction of sp³-hybridized carbons (Fsp3) is 0.562. The highest BCUT2D eigenvalue weighted by atomic mass is 15.3. The number of hydrogen-bond acceptors (Lipinski definition) is 2. The molecule has 19 heavy (non-hydrogen) atoms. The summed E-state index contributed by atoms with van der Waals surface area (Å²) >= 11 is 0. The zero-order valence-electron chi connectivity index (χ0n) is 11.3. The summed E-state index contributed by atoms with van der Waals surface area (Å²) in [5.74, 6) is 2.80. The van der Waals surface area contributed by atoms with E-state index in [1.165, 1.54) is 36.6 Å². The van der Waals surface area contributed by atoms with E-state index in [2.05, 4.69) is 28.9 Å². The Hall–Kier alpha value is -1.35. The molecule has 0 spiro atoms. The molecule has 1 heterocycles. The largest absolute Gasteiger partial charge is 0.325 e.